The number of rotatable bonds is 10. The van der Waals surface area contributed by atoms with Gasteiger partial charge in [0.2, 0.25) is 20.9 Å². The summed E-state index contributed by atoms with van der Waals surface area (Å²) in [6, 6.07) is 6.41. The first kappa shape index (κ1) is 31.9. The van der Waals surface area contributed by atoms with E-state index in [0.717, 1.165) is 19.3 Å². The third-order valence-corrected chi connectivity index (χ3v) is 9.58. The standard InChI is InChI=1S/C32H45N2O7Si/c1-8-18-39-25(35)19-33-27(26(30(33)38)23(31(3,4)5)20-40-42(6)7)21(2)28(36)34-29(37)22-14-10-11-15-24(22)41-32(34)16-12-9-13-17-32/h8,10-11,14-15,21,23,26-27H,1,9,12-13,16-20H2,2-7H3/t21-,23-,26+,27-/m1/s1. The van der Waals surface area contributed by atoms with Crippen molar-refractivity contribution in [2.24, 2.45) is 23.2 Å². The van der Waals surface area contributed by atoms with Gasteiger partial charge >= 0.3 is 5.97 Å². The highest BCUT2D eigenvalue weighted by Crippen LogP contribution is 2.47. The summed E-state index contributed by atoms with van der Waals surface area (Å²) in [5.74, 6) is -2.62. The van der Waals surface area contributed by atoms with Crippen LogP contribution in [0.2, 0.25) is 13.1 Å². The summed E-state index contributed by atoms with van der Waals surface area (Å²) in [6.45, 7) is 15.7. The van der Waals surface area contributed by atoms with E-state index in [0.29, 0.717) is 30.8 Å². The van der Waals surface area contributed by atoms with Gasteiger partial charge in [-0.15, -0.1) is 0 Å². The summed E-state index contributed by atoms with van der Waals surface area (Å²) >= 11 is 0. The molecule has 10 heteroatoms. The lowest BCUT2D eigenvalue weighted by molar-refractivity contribution is -0.182. The van der Waals surface area contributed by atoms with Crippen molar-refractivity contribution in [3.8, 4) is 5.75 Å². The zero-order chi connectivity index (χ0) is 30.8. The summed E-state index contributed by atoms with van der Waals surface area (Å²) in [4.78, 5) is 57.8. The second kappa shape index (κ2) is 12.7. The molecule has 1 saturated carbocycles. The Balaban J connectivity index is 1.71. The van der Waals surface area contributed by atoms with Gasteiger partial charge in [-0.25, -0.2) is 4.90 Å². The van der Waals surface area contributed by atoms with Crippen molar-refractivity contribution in [2.75, 3.05) is 19.8 Å². The first-order chi connectivity index (χ1) is 19.8. The van der Waals surface area contributed by atoms with Gasteiger partial charge in [-0.3, -0.25) is 19.2 Å². The van der Waals surface area contributed by atoms with Crippen LogP contribution in [0.15, 0.2) is 36.9 Å². The van der Waals surface area contributed by atoms with Crippen LogP contribution in [0.25, 0.3) is 0 Å². The number of benzene rings is 1. The van der Waals surface area contributed by atoms with Crippen LogP contribution in [-0.2, 0) is 23.5 Å². The summed E-state index contributed by atoms with van der Waals surface area (Å²) < 4.78 is 17.8. The van der Waals surface area contributed by atoms with E-state index in [2.05, 4.69) is 27.4 Å². The summed E-state index contributed by atoms with van der Waals surface area (Å²) in [5, 5.41) is 0. The van der Waals surface area contributed by atoms with Gasteiger partial charge in [0, 0.05) is 19.4 Å². The smallest absolute Gasteiger partial charge is 0.325 e. The van der Waals surface area contributed by atoms with E-state index in [4.69, 9.17) is 13.9 Å². The van der Waals surface area contributed by atoms with Crippen LogP contribution in [-0.4, -0.2) is 74.1 Å². The Morgan fingerprint density at radius 2 is 1.83 bits per heavy atom. The molecule has 2 fully saturated rings. The van der Waals surface area contributed by atoms with Crippen molar-refractivity contribution < 1.29 is 33.1 Å². The molecular formula is C32H45N2O7Si. The molecule has 0 aromatic heterocycles. The van der Waals surface area contributed by atoms with Crippen molar-refractivity contribution in [2.45, 2.75) is 84.7 Å². The van der Waals surface area contributed by atoms with E-state index >= 15 is 0 Å². The van der Waals surface area contributed by atoms with E-state index in [1.54, 1.807) is 25.1 Å². The average molecular weight is 598 g/mol. The third-order valence-electron chi connectivity index (χ3n) is 8.84. The maximum atomic E-state index is 14.6. The van der Waals surface area contributed by atoms with Crippen LogP contribution < -0.4 is 4.74 Å². The van der Waals surface area contributed by atoms with E-state index in [9.17, 15) is 19.2 Å². The highest BCUT2D eigenvalue weighted by molar-refractivity contribution is 6.48. The van der Waals surface area contributed by atoms with Crippen LogP contribution in [0.4, 0.5) is 0 Å². The molecule has 2 heterocycles. The number of imide groups is 1. The Labute approximate surface area is 251 Å². The average Bonchev–Trinajstić information content (AvgIpc) is 2.93. The second-order valence-electron chi connectivity index (χ2n) is 13.0. The molecule has 3 amide bonds. The third kappa shape index (κ3) is 6.20. The molecule has 1 radical (unpaired) electrons. The van der Waals surface area contributed by atoms with E-state index in [1.807, 2.05) is 19.2 Å². The van der Waals surface area contributed by atoms with E-state index < -0.39 is 44.5 Å². The molecule has 0 unspecified atom stereocenters. The van der Waals surface area contributed by atoms with Crippen molar-refractivity contribution in [1.82, 2.24) is 9.80 Å². The Hall–Kier alpha value is -2.98. The SMILES string of the molecule is C=CCOC(=O)CN1C(=O)[C@@H]([C@@H](CO[Si](C)C)C(C)(C)C)[C@H]1[C@@H](C)C(=O)N1C(=O)c2ccccc2OC12CCCCC2. The van der Waals surface area contributed by atoms with Crippen LogP contribution >= 0.6 is 0 Å². The summed E-state index contributed by atoms with van der Waals surface area (Å²) in [7, 11) is -1.03. The molecule has 2 aliphatic heterocycles. The Bertz CT molecular complexity index is 1200. The zero-order valence-electron chi connectivity index (χ0n) is 25.8. The molecule has 42 heavy (non-hydrogen) atoms. The number of carbonyl (C=O) groups is 4. The van der Waals surface area contributed by atoms with Crippen LogP contribution in [0.3, 0.4) is 0 Å². The Morgan fingerprint density at radius 3 is 2.45 bits per heavy atom. The molecule has 0 bridgehead atoms. The number of hydrogen-bond donors (Lipinski definition) is 0. The summed E-state index contributed by atoms with van der Waals surface area (Å²) in [6.07, 6.45) is 5.23. The van der Waals surface area contributed by atoms with Crippen molar-refractivity contribution in [1.29, 1.82) is 0 Å². The Morgan fingerprint density at radius 1 is 1.17 bits per heavy atom. The fourth-order valence-corrected chi connectivity index (χ4v) is 7.14. The van der Waals surface area contributed by atoms with E-state index in [-0.39, 0.29) is 36.3 Å². The van der Waals surface area contributed by atoms with Gasteiger partial charge in [-0.05, 0) is 49.4 Å². The molecule has 1 aromatic rings. The predicted molar refractivity (Wildman–Crippen MR) is 160 cm³/mol. The largest absolute Gasteiger partial charge is 0.467 e. The van der Waals surface area contributed by atoms with Gasteiger partial charge in [0.1, 0.15) is 18.9 Å². The monoisotopic (exact) mass is 597 g/mol. The number of amides is 3. The molecule has 1 aliphatic carbocycles. The van der Waals surface area contributed by atoms with Crippen molar-refractivity contribution in [3.05, 3.63) is 42.5 Å². The van der Waals surface area contributed by atoms with E-state index in [1.165, 1.54) is 15.9 Å². The molecule has 229 valence electrons. The molecule has 3 aliphatic rings. The predicted octanol–water partition coefficient (Wildman–Crippen LogP) is 4.83. The lowest BCUT2D eigenvalue weighted by Gasteiger charge is -2.55. The van der Waals surface area contributed by atoms with Crippen LogP contribution in [0.5, 0.6) is 5.75 Å². The normalized spacial score (nSPS) is 23.1. The fraction of sp³-hybridized carbons (Fsp3) is 0.625. The minimum absolute atomic E-state index is 0.0290. The first-order valence-corrected chi connectivity index (χ1v) is 17.4. The highest BCUT2D eigenvalue weighted by atomic mass is 28.3. The molecule has 9 nitrogen and oxygen atoms in total. The molecule has 1 aromatic carbocycles. The minimum atomic E-state index is -1.07. The topological polar surface area (TPSA) is 102 Å². The zero-order valence-corrected chi connectivity index (χ0v) is 26.8. The lowest BCUT2D eigenvalue weighted by Crippen LogP contribution is -2.71. The number of esters is 1. The molecular weight excluding hydrogens is 552 g/mol. The molecule has 1 saturated heterocycles. The number of nitrogens with zero attached hydrogens (tertiary/aromatic N) is 2. The second-order valence-corrected chi connectivity index (χ2v) is 15.1. The number of hydrogen-bond acceptors (Lipinski definition) is 7. The number of fused-ring (bicyclic) bond motifs is 1. The van der Waals surface area contributed by atoms with Crippen LogP contribution in [0.1, 0.15) is 70.2 Å². The minimum Gasteiger partial charge on any atom is -0.467 e. The number of ether oxygens (including phenoxy) is 2. The van der Waals surface area contributed by atoms with Gasteiger partial charge in [0.15, 0.2) is 5.72 Å². The molecule has 0 N–H and O–H groups in total. The van der Waals surface area contributed by atoms with Crippen molar-refractivity contribution in [3.63, 3.8) is 0 Å². The number of β-lactam (4-membered cyclic amide) rings is 1. The van der Waals surface area contributed by atoms with Gasteiger partial charge in [0.05, 0.1) is 23.4 Å². The van der Waals surface area contributed by atoms with Gasteiger partial charge in [-0.2, -0.15) is 0 Å². The maximum Gasteiger partial charge on any atom is 0.325 e. The lowest BCUT2D eigenvalue weighted by atomic mass is 9.64. The number of carbonyl (C=O) groups excluding carboxylic acids is 4. The number of para-hydroxylation sites is 1. The van der Waals surface area contributed by atoms with Crippen LogP contribution in [0, 0.1) is 23.2 Å². The van der Waals surface area contributed by atoms with Crippen molar-refractivity contribution >= 4 is 32.7 Å². The molecule has 4 atom stereocenters. The van der Waals surface area contributed by atoms with Gasteiger partial charge in [0.25, 0.3) is 5.91 Å². The molecule has 1 spiro atoms. The fourth-order valence-electron chi connectivity index (χ4n) is 6.62. The quantitative estimate of drug-likeness (QED) is 0.165. The maximum absolute atomic E-state index is 14.6. The summed E-state index contributed by atoms with van der Waals surface area (Å²) in [5.41, 5.74) is -1.04. The number of likely N-dealkylation sites (tertiary alicyclic amines) is 1. The van der Waals surface area contributed by atoms with Gasteiger partial charge in [-0.1, -0.05) is 58.9 Å². The Kier molecular flexibility index (Phi) is 9.67. The first-order valence-electron chi connectivity index (χ1n) is 15.0. The highest BCUT2D eigenvalue weighted by Gasteiger charge is 2.60. The molecule has 4 rings (SSSR count). The van der Waals surface area contributed by atoms with Gasteiger partial charge < -0.3 is 18.8 Å².